The first-order valence-electron chi connectivity index (χ1n) is 3.75. The molecule has 0 bridgehead atoms. The molecular weight excluding hydrogens is 128 g/mol. The van der Waals surface area contributed by atoms with Crippen molar-refractivity contribution in [2.75, 3.05) is 0 Å². The van der Waals surface area contributed by atoms with Crippen molar-refractivity contribution in [1.82, 2.24) is 5.32 Å². The van der Waals surface area contributed by atoms with E-state index in [-0.39, 0.29) is 11.9 Å². The lowest BCUT2D eigenvalue weighted by atomic mass is 9.99. The van der Waals surface area contributed by atoms with Gasteiger partial charge < -0.3 is 11.1 Å². The number of amides is 1. The molecule has 0 saturated carbocycles. The summed E-state index contributed by atoms with van der Waals surface area (Å²) >= 11 is 0. The van der Waals surface area contributed by atoms with E-state index in [0.29, 0.717) is 6.04 Å². The molecule has 0 aromatic heterocycles. The summed E-state index contributed by atoms with van der Waals surface area (Å²) in [4.78, 5) is 10.7. The summed E-state index contributed by atoms with van der Waals surface area (Å²) in [5.74, 6) is -0.216. The highest BCUT2D eigenvalue weighted by Crippen LogP contribution is 2.11. The van der Waals surface area contributed by atoms with Gasteiger partial charge >= 0.3 is 0 Å². The fourth-order valence-electron chi connectivity index (χ4n) is 1.36. The van der Waals surface area contributed by atoms with Crippen LogP contribution in [0.4, 0.5) is 0 Å². The Kier molecular flexibility index (Phi) is 2.27. The van der Waals surface area contributed by atoms with Crippen LogP contribution in [0, 0.1) is 0 Å². The lowest BCUT2D eigenvalue weighted by molar-refractivity contribution is -0.120. The first-order valence-corrected chi connectivity index (χ1v) is 3.75. The number of nitrogens with one attached hydrogen (secondary N) is 1. The van der Waals surface area contributed by atoms with Gasteiger partial charge in [0.1, 0.15) is 0 Å². The van der Waals surface area contributed by atoms with Gasteiger partial charge in [0.15, 0.2) is 0 Å². The highest BCUT2D eigenvalue weighted by atomic mass is 16.1. The summed E-state index contributed by atoms with van der Waals surface area (Å²) in [6.07, 6.45) is 3.17. The van der Waals surface area contributed by atoms with Gasteiger partial charge in [0.25, 0.3) is 0 Å². The number of hydrogen-bond donors (Lipinski definition) is 2. The maximum atomic E-state index is 10.7. The Balaban J connectivity index is 2.39. The van der Waals surface area contributed by atoms with E-state index in [9.17, 15) is 4.79 Å². The second-order valence-corrected chi connectivity index (χ2v) is 2.95. The van der Waals surface area contributed by atoms with Crippen LogP contribution in [0.2, 0.25) is 0 Å². The molecule has 0 aliphatic carbocycles. The molecule has 10 heavy (non-hydrogen) atoms. The highest BCUT2D eigenvalue weighted by molar-refractivity contribution is 5.79. The van der Waals surface area contributed by atoms with Gasteiger partial charge in [-0.25, -0.2) is 0 Å². The molecule has 1 amide bonds. The summed E-state index contributed by atoms with van der Waals surface area (Å²) in [6, 6.07) is 0.370. The van der Waals surface area contributed by atoms with Crippen molar-refractivity contribution in [3.8, 4) is 0 Å². The summed E-state index contributed by atoms with van der Waals surface area (Å²) < 4.78 is 0. The van der Waals surface area contributed by atoms with E-state index in [1.165, 1.54) is 0 Å². The van der Waals surface area contributed by atoms with Gasteiger partial charge in [-0.2, -0.15) is 0 Å². The van der Waals surface area contributed by atoms with E-state index in [4.69, 9.17) is 5.73 Å². The molecule has 1 fully saturated rings. The lowest BCUT2D eigenvalue weighted by Gasteiger charge is -2.26. The first-order chi connectivity index (χ1) is 4.70. The minimum atomic E-state index is -0.216. The van der Waals surface area contributed by atoms with Gasteiger partial charge in [-0.05, 0) is 26.2 Å². The van der Waals surface area contributed by atoms with Crippen molar-refractivity contribution < 1.29 is 4.79 Å². The van der Waals surface area contributed by atoms with Crippen molar-refractivity contribution >= 4 is 5.91 Å². The molecule has 58 valence electrons. The number of carbonyl (C=O) groups is 1. The molecule has 3 heteroatoms. The molecule has 1 aliphatic heterocycles. The normalized spacial score (nSPS) is 33.7. The Morgan fingerprint density at radius 2 is 2.30 bits per heavy atom. The molecule has 0 aromatic carbocycles. The van der Waals surface area contributed by atoms with Crippen molar-refractivity contribution in [1.29, 1.82) is 0 Å². The van der Waals surface area contributed by atoms with Gasteiger partial charge in [0.2, 0.25) is 5.91 Å². The predicted molar refractivity (Wildman–Crippen MR) is 39.4 cm³/mol. The minimum absolute atomic E-state index is 0.0799. The molecule has 0 unspecified atom stereocenters. The topological polar surface area (TPSA) is 55.1 Å². The van der Waals surface area contributed by atoms with Crippen LogP contribution in [-0.4, -0.2) is 18.0 Å². The summed E-state index contributed by atoms with van der Waals surface area (Å²) in [7, 11) is 0. The fourth-order valence-corrected chi connectivity index (χ4v) is 1.36. The van der Waals surface area contributed by atoms with Crippen LogP contribution >= 0.6 is 0 Å². The third kappa shape index (κ3) is 1.70. The van der Waals surface area contributed by atoms with Crippen LogP contribution in [0.25, 0.3) is 0 Å². The number of hydrogen-bond acceptors (Lipinski definition) is 2. The fraction of sp³-hybridized carbons (Fsp3) is 0.857. The molecule has 3 N–H and O–H groups in total. The van der Waals surface area contributed by atoms with Crippen LogP contribution in [0.15, 0.2) is 0 Å². The van der Waals surface area contributed by atoms with Gasteiger partial charge in [0, 0.05) is 6.04 Å². The predicted octanol–water partition coefficient (Wildman–Crippen LogP) is 0.00230. The van der Waals surface area contributed by atoms with Crippen LogP contribution in [0.3, 0.4) is 0 Å². The van der Waals surface area contributed by atoms with Crippen LogP contribution in [0.1, 0.15) is 26.2 Å². The van der Waals surface area contributed by atoms with Crippen LogP contribution in [-0.2, 0) is 4.79 Å². The number of nitrogens with two attached hydrogens (primary N) is 1. The second-order valence-electron chi connectivity index (χ2n) is 2.95. The minimum Gasteiger partial charge on any atom is -0.368 e. The van der Waals surface area contributed by atoms with Gasteiger partial charge in [-0.3, -0.25) is 4.79 Å². The van der Waals surface area contributed by atoms with E-state index < -0.39 is 0 Å². The zero-order valence-corrected chi connectivity index (χ0v) is 6.26. The quantitative estimate of drug-likeness (QED) is 0.541. The lowest BCUT2D eigenvalue weighted by Crippen LogP contribution is -2.48. The van der Waals surface area contributed by atoms with Gasteiger partial charge in [0.05, 0.1) is 6.04 Å². The van der Waals surface area contributed by atoms with E-state index in [1.807, 2.05) is 0 Å². The van der Waals surface area contributed by atoms with Crippen molar-refractivity contribution in [2.45, 2.75) is 38.3 Å². The van der Waals surface area contributed by atoms with E-state index >= 15 is 0 Å². The Morgan fingerprint density at radius 3 is 2.70 bits per heavy atom. The molecule has 3 nitrogen and oxygen atoms in total. The molecule has 1 heterocycles. The van der Waals surface area contributed by atoms with E-state index in [1.54, 1.807) is 0 Å². The number of carbonyl (C=O) groups excluding carboxylic acids is 1. The summed E-state index contributed by atoms with van der Waals surface area (Å²) in [6.45, 7) is 2.08. The zero-order chi connectivity index (χ0) is 7.56. The molecule has 1 aliphatic rings. The third-order valence-electron chi connectivity index (χ3n) is 1.96. The Labute approximate surface area is 61.0 Å². The SMILES string of the molecule is C[C@@H]1CCC[C@H](C(N)=O)N1. The van der Waals surface area contributed by atoms with E-state index in [0.717, 1.165) is 19.3 Å². The highest BCUT2D eigenvalue weighted by Gasteiger charge is 2.21. The monoisotopic (exact) mass is 142 g/mol. The second kappa shape index (κ2) is 3.01. The average Bonchev–Trinajstić information content (AvgIpc) is 1.88. The Bertz CT molecular complexity index is 136. The van der Waals surface area contributed by atoms with Gasteiger partial charge in [-0.15, -0.1) is 0 Å². The maximum Gasteiger partial charge on any atom is 0.234 e. The average molecular weight is 142 g/mol. The maximum absolute atomic E-state index is 10.7. The Hall–Kier alpha value is -0.570. The van der Waals surface area contributed by atoms with Crippen molar-refractivity contribution in [2.24, 2.45) is 5.73 Å². The number of piperidine rings is 1. The molecular formula is C7H14N2O. The number of primary amides is 1. The van der Waals surface area contributed by atoms with Crippen LogP contribution < -0.4 is 11.1 Å². The molecule has 1 rings (SSSR count). The molecule has 0 aromatic rings. The summed E-state index contributed by atoms with van der Waals surface area (Å²) in [5, 5.41) is 3.14. The third-order valence-corrected chi connectivity index (χ3v) is 1.96. The largest absolute Gasteiger partial charge is 0.368 e. The standard InChI is InChI=1S/C7H14N2O/c1-5-3-2-4-6(9-5)7(8)10/h5-6,9H,2-4H2,1H3,(H2,8,10)/t5-,6-/m1/s1. The molecule has 2 atom stereocenters. The van der Waals surface area contributed by atoms with Crippen LogP contribution in [0.5, 0.6) is 0 Å². The number of rotatable bonds is 1. The molecule has 1 saturated heterocycles. The smallest absolute Gasteiger partial charge is 0.234 e. The van der Waals surface area contributed by atoms with Crippen molar-refractivity contribution in [3.63, 3.8) is 0 Å². The van der Waals surface area contributed by atoms with Gasteiger partial charge in [-0.1, -0.05) is 0 Å². The molecule has 0 radical (unpaired) electrons. The van der Waals surface area contributed by atoms with Crippen molar-refractivity contribution in [3.05, 3.63) is 0 Å². The van der Waals surface area contributed by atoms with E-state index in [2.05, 4.69) is 12.2 Å². The Morgan fingerprint density at radius 1 is 1.60 bits per heavy atom. The summed E-state index contributed by atoms with van der Waals surface area (Å²) in [5.41, 5.74) is 5.13. The first kappa shape index (κ1) is 7.54. The molecule has 0 spiro atoms. The zero-order valence-electron chi connectivity index (χ0n) is 6.26.